The molecule has 0 aliphatic heterocycles. The molecule has 2 rings (SSSR count). The summed E-state index contributed by atoms with van der Waals surface area (Å²) >= 11 is 0. The Bertz CT molecular complexity index is 524. The van der Waals surface area contributed by atoms with Gasteiger partial charge in [0.1, 0.15) is 6.04 Å². The number of rotatable bonds is 5. The first-order chi connectivity index (χ1) is 8.81. The fourth-order valence-electron chi connectivity index (χ4n) is 1.72. The molecule has 1 unspecified atom stereocenters. The molecule has 0 fully saturated rings. The van der Waals surface area contributed by atoms with Crippen LogP contribution in [0.5, 0.6) is 0 Å². The number of aromatic nitrogens is 2. The van der Waals surface area contributed by atoms with Crippen LogP contribution >= 0.6 is 0 Å². The van der Waals surface area contributed by atoms with Crippen molar-refractivity contribution in [3.05, 3.63) is 48.3 Å². The van der Waals surface area contributed by atoms with Gasteiger partial charge in [0.05, 0.1) is 24.5 Å². The molecule has 0 aliphatic carbocycles. The lowest BCUT2D eigenvalue weighted by atomic mass is 10.2. The maximum Gasteiger partial charge on any atom is 0.114 e. The Hall–Kier alpha value is -2.28. The van der Waals surface area contributed by atoms with Gasteiger partial charge in [0, 0.05) is 6.20 Å². The first-order valence-corrected chi connectivity index (χ1v) is 6.04. The van der Waals surface area contributed by atoms with Crippen LogP contribution in [0.4, 0.5) is 5.69 Å². The maximum atomic E-state index is 8.89. The van der Waals surface area contributed by atoms with Crippen LogP contribution in [-0.4, -0.2) is 15.8 Å². The summed E-state index contributed by atoms with van der Waals surface area (Å²) in [6.07, 6.45) is 4.45. The average molecular weight is 240 g/mol. The SMILES string of the molecule is CCC(C#N)Nc1cnn(Cc2ccccc2)c1. The summed E-state index contributed by atoms with van der Waals surface area (Å²) < 4.78 is 1.86. The summed E-state index contributed by atoms with van der Waals surface area (Å²) in [4.78, 5) is 0. The van der Waals surface area contributed by atoms with E-state index in [2.05, 4.69) is 28.6 Å². The Morgan fingerprint density at radius 1 is 1.39 bits per heavy atom. The Kier molecular flexibility index (Phi) is 3.98. The van der Waals surface area contributed by atoms with Gasteiger partial charge < -0.3 is 5.32 Å². The third-order valence-corrected chi connectivity index (χ3v) is 2.73. The van der Waals surface area contributed by atoms with E-state index in [0.29, 0.717) is 0 Å². The molecule has 1 aromatic heterocycles. The van der Waals surface area contributed by atoms with E-state index in [1.165, 1.54) is 5.56 Å². The number of hydrogen-bond donors (Lipinski definition) is 1. The van der Waals surface area contributed by atoms with Crippen LogP contribution in [0, 0.1) is 11.3 Å². The van der Waals surface area contributed by atoms with Gasteiger partial charge in [-0.1, -0.05) is 37.3 Å². The highest BCUT2D eigenvalue weighted by molar-refractivity contribution is 5.41. The minimum atomic E-state index is -0.153. The lowest BCUT2D eigenvalue weighted by molar-refractivity contribution is 0.687. The van der Waals surface area contributed by atoms with Gasteiger partial charge in [0.25, 0.3) is 0 Å². The predicted octanol–water partition coefficient (Wildman–Crippen LogP) is 2.65. The van der Waals surface area contributed by atoms with Gasteiger partial charge >= 0.3 is 0 Å². The van der Waals surface area contributed by atoms with Crippen LogP contribution < -0.4 is 5.32 Å². The van der Waals surface area contributed by atoms with Crippen molar-refractivity contribution < 1.29 is 0 Å². The Balaban J connectivity index is 2.01. The van der Waals surface area contributed by atoms with E-state index in [1.807, 2.05) is 36.0 Å². The molecule has 0 saturated heterocycles. The second-order valence-electron chi connectivity index (χ2n) is 4.15. The van der Waals surface area contributed by atoms with Crippen molar-refractivity contribution in [3.8, 4) is 6.07 Å². The number of hydrogen-bond acceptors (Lipinski definition) is 3. The number of anilines is 1. The molecule has 0 radical (unpaired) electrons. The molecule has 0 spiro atoms. The highest BCUT2D eigenvalue weighted by Crippen LogP contribution is 2.10. The second-order valence-corrected chi connectivity index (χ2v) is 4.15. The lowest BCUT2D eigenvalue weighted by Crippen LogP contribution is -2.15. The first kappa shape index (κ1) is 12.2. The third kappa shape index (κ3) is 3.11. The average Bonchev–Trinajstić information content (AvgIpc) is 2.84. The van der Waals surface area contributed by atoms with Crippen molar-refractivity contribution in [2.75, 3.05) is 5.32 Å². The molecular formula is C14H16N4. The van der Waals surface area contributed by atoms with E-state index < -0.39 is 0 Å². The molecule has 0 aliphatic rings. The Labute approximate surface area is 107 Å². The summed E-state index contributed by atoms with van der Waals surface area (Å²) in [5.74, 6) is 0. The molecule has 2 aromatic rings. The largest absolute Gasteiger partial charge is 0.367 e. The monoisotopic (exact) mass is 240 g/mol. The molecule has 0 saturated carbocycles. The van der Waals surface area contributed by atoms with Crippen LogP contribution in [0.2, 0.25) is 0 Å². The van der Waals surface area contributed by atoms with Gasteiger partial charge in [0.15, 0.2) is 0 Å². The topological polar surface area (TPSA) is 53.6 Å². The fraction of sp³-hybridized carbons (Fsp3) is 0.286. The fourth-order valence-corrected chi connectivity index (χ4v) is 1.72. The van der Waals surface area contributed by atoms with E-state index in [9.17, 15) is 0 Å². The minimum Gasteiger partial charge on any atom is -0.367 e. The van der Waals surface area contributed by atoms with Gasteiger partial charge in [0.2, 0.25) is 0 Å². The van der Waals surface area contributed by atoms with Crippen molar-refractivity contribution in [1.29, 1.82) is 5.26 Å². The number of benzene rings is 1. The van der Waals surface area contributed by atoms with Crippen molar-refractivity contribution in [3.63, 3.8) is 0 Å². The predicted molar refractivity (Wildman–Crippen MR) is 71.1 cm³/mol. The zero-order valence-corrected chi connectivity index (χ0v) is 10.4. The van der Waals surface area contributed by atoms with Crippen molar-refractivity contribution >= 4 is 5.69 Å². The number of nitrogens with one attached hydrogen (secondary N) is 1. The van der Waals surface area contributed by atoms with E-state index in [1.54, 1.807) is 6.20 Å². The molecule has 1 N–H and O–H groups in total. The summed E-state index contributed by atoms with van der Waals surface area (Å²) in [6, 6.07) is 12.2. The van der Waals surface area contributed by atoms with Crippen LogP contribution in [0.3, 0.4) is 0 Å². The van der Waals surface area contributed by atoms with Crippen LogP contribution in [0.25, 0.3) is 0 Å². The number of nitrogens with zero attached hydrogens (tertiary/aromatic N) is 3. The molecular weight excluding hydrogens is 224 g/mol. The maximum absolute atomic E-state index is 8.89. The smallest absolute Gasteiger partial charge is 0.114 e. The molecule has 18 heavy (non-hydrogen) atoms. The second kappa shape index (κ2) is 5.87. The standard InChI is InChI=1S/C14H16N4/c1-2-13(8-15)17-14-9-16-18(11-14)10-12-6-4-3-5-7-12/h3-7,9,11,13,17H,2,10H2,1H3. The lowest BCUT2D eigenvalue weighted by Gasteiger charge is -2.07. The highest BCUT2D eigenvalue weighted by Gasteiger charge is 2.05. The highest BCUT2D eigenvalue weighted by atomic mass is 15.3. The summed E-state index contributed by atoms with van der Waals surface area (Å²) in [5.41, 5.74) is 2.10. The summed E-state index contributed by atoms with van der Waals surface area (Å²) in [6.45, 7) is 2.72. The van der Waals surface area contributed by atoms with Crippen molar-refractivity contribution in [1.82, 2.24) is 9.78 Å². The number of nitriles is 1. The van der Waals surface area contributed by atoms with E-state index in [0.717, 1.165) is 18.7 Å². The van der Waals surface area contributed by atoms with Crippen LogP contribution in [-0.2, 0) is 6.54 Å². The summed E-state index contributed by atoms with van der Waals surface area (Å²) in [5, 5.41) is 16.3. The van der Waals surface area contributed by atoms with Gasteiger partial charge in [-0.2, -0.15) is 10.4 Å². The molecule has 0 amide bonds. The van der Waals surface area contributed by atoms with Crippen LogP contribution in [0.1, 0.15) is 18.9 Å². The van der Waals surface area contributed by atoms with Crippen molar-refractivity contribution in [2.45, 2.75) is 25.9 Å². The first-order valence-electron chi connectivity index (χ1n) is 6.04. The van der Waals surface area contributed by atoms with Gasteiger partial charge in [-0.05, 0) is 12.0 Å². The summed E-state index contributed by atoms with van der Waals surface area (Å²) in [7, 11) is 0. The van der Waals surface area contributed by atoms with E-state index in [4.69, 9.17) is 5.26 Å². The Morgan fingerprint density at radius 2 is 2.17 bits per heavy atom. The van der Waals surface area contributed by atoms with Crippen LogP contribution in [0.15, 0.2) is 42.7 Å². The molecule has 1 heterocycles. The molecule has 0 bridgehead atoms. The molecule has 4 heteroatoms. The molecule has 4 nitrogen and oxygen atoms in total. The molecule has 1 aromatic carbocycles. The Morgan fingerprint density at radius 3 is 2.83 bits per heavy atom. The van der Waals surface area contributed by atoms with E-state index >= 15 is 0 Å². The normalized spacial score (nSPS) is 11.8. The molecule has 1 atom stereocenters. The zero-order chi connectivity index (χ0) is 12.8. The van der Waals surface area contributed by atoms with Gasteiger partial charge in [-0.3, -0.25) is 4.68 Å². The zero-order valence-electron chi connectivity index (χ0n) is 10.4. The van der Waals surface area contributed by atoms with E-state index in [-0.39, 0.29) is 6.04 Å². The van der Waals surface area contributed by atoms with Crippen molar-refractivity contribution in [2.24, 2.45) is 0 Å². The molecule has 92 valence electrons. The third-order valence-electron chi connectivity index (χ3n) is 2.73. The quantitative estimate of drug-likeness (QED) is 0.874. The van der Waals surface area contributed by atoms with Gasteiger partial charge in [-0.15, -0.1) is 0 Å². The van der Waals surface area contributed by atoms with Gasteiger partial charge in [-0.25, -0.2) is 0 Å². The minimum absolute atomic E-state index is 0.153.